The molecule has 0 aliphatic heterocycles. The topological polar surface area (TPSA) is 101 Å². The number of nitro groups is 1. The van der Waals surface area contributed by atoms with E-state index >= 15 is 0 Å². The van der Waals surface area contributed by atoms with Crippen molar-refractivity contribution in [2.75, 3.05) is 5.75 Å². The Kier molecular flexibility index (Phi) is 7.66. The van der Waals surface area contributed by atoms with E-state index in [4.69, 9.17) is 23.2 Å². The standard InChI is InChI=1S/C17H13Cl2N3O4S/c18-12-6-7-13(19)15(9-12)27-10-17(24)21-20-16(23)8-5-11-3-1-2-4-14(11)22(25)26/h1-9H,10H2,(H,20,23)(H,21,24)/b8-5+. The van der Waals surface area contributed by atoms with Crippen LogP contribution in [0.1, 0.15) is 5.56 Å². The van der Waals surface area contributed by atoms with Crippen molar-refractivity contribution in [2.24, 2.45) is 0 Å². The Hall–Kier alpha value is -2.55. The summed E-state index contributed by atoms with van der Waals surface area (Å²) in [5, 5.41) is 11.9. The van der Waals surface area contributed by atoms with E-state index in [-0.39, 0.29) is 17.0 Å². The molecule has 2 amide bonds. The molecule has 0 bridgehead atoms. The maximum atomic E-state index is 11.8. The average Bonchev–Trinajstić information content (AvgIpc) is 2.65. The number of para-hydroxylation sites is 1. The summed E-state index contributed by atoms with van der Waals surface area (Å²) in [5.74, 6) is -1.08. The second-order valence-corrected chi connectivity index (χ2v) is 6.91. The molecule has 2 N–H and O–H groups in total. The van der Waals surface area contributed by atoms with Gasteiger partial charge in [-0.15, -0.1) is 11.8 Å². The van der Waals surface area contributed by atoms with Gasteiger partial charge in [0.2, 0.25) is 5.91 Å². The normalized spacial score (nSPS) is 10.6. The van der Waals surface area contributed by atoms with E-state index in [9.17, 15) is 19.7 Å². The van der Waals surface area contributed by atoms with Crippen molar-refractivity contribution in [2.45, 2.75) is 4.90 Å². The molecular weight excluding hydrogens is 413 g/mol. The first kappa shape index (κ1) is 20.8. The van der Waals surface area contributed by atoms with E-state index in [0.717, 1.165) is 17.8 Å². The van der Waals surface area contributed by atoms with Gasteiger partial charge >= 0.3 is 0 Å². The van der Waals surface area contributed by atoms with Crippen LogP contribution in [0.3, 0.4) is 0 Å². The quantitative estimate of drug-likeness (QED) is 0.316. The Morgan fingerprint density at radius 3 is 2.63 bits per heavy atom. The number of halogens is 2. The van der Waals surface area contributed by atoms with Crippen LogP contribution in [0.2, 0.25) is 10.0 Å². The predicted octanol–water partition coefficient (Wildman–Crippen LogP) is 3.85. The second kappa shape index (κ2) is 9.96. The van der Waals surface area contributed by atoms with Crippen LogP contribution in [0.5, 0.6) is 0 Å². The number of nitrogens with zero attached hydrogens (tertiary/aromatic N) is 1. The molecule has 0 fully saturated rings. The fraction of sp³-hybridized carbons (Fsp3) is 0.0588. The summed E-state index contributed by atoms with van der Waals surface area (Å²) < 4.78 is 0. The smallest absolute Gasteiger partial charge is 0.272 e. The minimum atomic E-state index is -0.632. The Morgan fingerprint density at radius 2 is 1.89 bits per heavy atom. The summed E-state index contributed by atoms with van der Waals surface area (Å²) in [5.41, 5.74) is 4.58. The van der Waals surface area contributed by atoms with Gasteiger partial charge in [0, 0.05) is 22.1 Å². The molecule has 0 heterocycles. The fourth-order valence-corrected chi connectivity index (χ4v) is 3.19. The van der Waals surface area contributed by atoms with E-state index in [1.807, 2.05) is 0 Å². The summed E-state index contributed by atoms with van der Waals surface area (Å²) >= 11 is 13.0. The van der Waals surface area contributed by atoms with Gasteiger partial charge in [-0.25, -0.2) is 0 Å². The minimum absolute atomic E-state index is 0.00815. The molecule has 0 aliphatic carbocycles. The Labute approximate surface area is 168 Å². The van der Waals surface area contributed by atoms with Crippen molar-refractivity contribution >= 4 is 58.5 Å². The second-order valence-electron chi connectivity index (χ2n) is 5.05. The van der Waals surface area contributed by atoms with Crippen LogP contribution in [-0.2, 0) is 9.59 Å². The van der Waals surface area contributed by atoms with Crippen molar-refractivity contribution in [1.29, 1.82) is 0 Å². The summed E-state index contributed by atoms with van der Waals surface area (Å²) in [6, 6.07) is 10.9. The van der Waals surface area contributed by atoms with Crippen LogP contribution in [0.4, 0.5) is 5.69 Å². The first-order valence-electron chi connectivity index (χ1n) is 7.45. The minimum Gasteiger partial charge on any atom is -0.272 e. The average molecular weight is 426 g/mol. The van der Waals surface area contributed by atoms with Crippen LogP contribution < -0.4 is 10.9 Å². The highest BCUT2D eigenvalue weighted by molar-refractivity contribution is 8.00. The number of nitro benzene ring substituents is 1. The Bertz CT molecular complexity index is 905. The number of amides is 2. The molecule has 0 atom stereocenters. The number of nitrogens with one attached hydrogen (secondary N) is 2. The Morgan fingerprint density at radius 1 is 1.15 bits per heavy atom. The lowest BCUT2D eigenvalue weighted by Crippen LogP contribution is -2.41. The third-order valence-electron chi connectivity index (χ3n) is 3.12. The zero-order valence-corrected chi connectivity index (χ0v) is 16.0. The number of hydrazine groups is 1. The maximum Gasteiger partial charge on any atom is 0.276 e. The lowest BCUT2D eigenvalue weighted by molar-refractivity contribution is -0.385. The largest absolute Gasteiger partial charge is 0.276 e. The molecule has 27 heavy (non-hydrogen) atoms. The van der Waals surface area contributed by atoms with Gasteiger partial charge in [-0.2, -0.15) is 0 Å². The molecule has 7 nitrogen and oxygen atoms in total. The van der Waals surface area contributed by atoms with Gasteiger partial charge in [0.25, 0.3) is 11.6 Å². The fourth-order valence-electron chi connectivity index (χ4n) is 1.90. The molecule has 0 unspecified atom stereocenters. The molecule has 10 heteroatoms. The van der Waals surface area contributed by atoms with Crippen LogP contribution >= 0.6 is 35.0 Å². The van der Waals surface area contributed by atoms with E-state index in [0.29, 0.717) is 14.9 Å². The number of hydrogen-bond acceptors (Lipinski definition) is 5. The molecule has 2 aromatic carbocycles. The lowest BCUT2D eigenvalue weighted by Gasteiger charge is -2.06. The van der Waals surface area contributed by atoms with Crippen molar-refractivity contribution in [3.8, 4) is 0 Å². The van der Waals surface area contributed by atoms with Crippen LogP contribution in [0, 0.1) is 10.1 Å². The number of hydrogen-bond donors (Lipinski definition) is 2. The summed E-state index contributed by atoms with van der Waals surface area (Å²) in [6.45, 7) is 0. The van der Waals surface area contributed by atoms with Gasteiger partial charge in [0.15, 0.2) is 0 Å². The van der Waals surface area contributed by atoms with Gasteiger partial charge in [0.05, 0.1) is 21.3 Å². The first-order chi connectivity index (χ1) is 12.9. The van der Waals surface area contributed by atoms with Crippen molar-refractivity contribution < 1.29 is 14.5 Å². The number of carbonyl (C=O) groups excluding carboxylic acids is 2. The van der Waals surface area contributed by atoms with Crippen molar-refractivity contribution in [1.82, 2.24) is 10.9 Å². The molecule has 0 spiro atoms. The van der Waals surface area contributed by atoms with Gasteiger partial charge in [-0.3, -0.25) is 30.6 Å². The van der Waals surface area contributed by atoms with Gasteiger partial charge in [0.1, 0.15) is 0 Å². The highest BCUT2D eigenvalue weighted by atomic mass is 35.5. The number of benzene rings is 2. The highest BCUT2D eigenvalue weighted by Crippen LogP contribution is 2.29. The van der Waals surface area contributed by atoms with E-state index in [1.54, 1.807) is 24.3 Å². The zero-order valence-electron chi connectivity index (χ0n) is 13.6. The monoisotopic (exact) mass is 425 g/mol. The van der Waals surface area contributed by atoms with E-state index in [1.165, 1.54) is 24.3 Å². The molecule has 2 aromatic rings. The van der Waals surface area contributed by atoms with Gasteiger partial charge in [-0.05, 0) is 30.3 Å². The van der Waals surface area contributed by atoms with Gasteiger partial charge in [-0.1, -0.05) is 35.3 Å². The molecule has 0 saturated carbocycles. The van der Waals surface area contributed by atoms with Crippen LogP contribution in [-0.4, -0.2) is 22.5 Å². The highest BCUT2D eigenvalue weighted by Gasteiger charge is 2.10. The lowest BCUT2D eigenvalue weighted by atomic mass is 10.1. The zero-order chi connectivity index (χ0) is 19.8. The SMILES string of the molecule is O=C(/C=C/c1ccccc1[N+](=O)[O-])NNC(=O)CSc1cc(Cl)ccc1Cl. The molecule has 140 valence electrons. The van der Waals surface area contributed by atoms with E-state index < -0.39 is 16.7 Å². The molecule has 0 saturated heterocycles. The summed E-state index contributed by atoms with van der Waals surface area (Å²) in [6.07, 6.45) is 2.38. The third kappa shape index (κ3) is 6.59. The molecular formula is C17H13Cl2N3O4S. The van der Waals surface area contributed by atoms with Crippen molar-refractivity contribution in [3.63, 3.8) is 0 Å². The number of rotatable bonds is 6. The Balaban J connectivity index is 1.84. The third-order valence-corrected chi connectivity index (χ3v) is 4.86. The molecule has 0 aromatic heterocycles. The van der Waals surface area contributed by atoms with Gasteiger partial charge < -0.3 is 0 Å². The van der Waals surface area contributed by atoms with Crippen LogP contribution in [0.25, 0.3) is 6.08 Å². The molecule has 2 rings (SSSR count). The first-order valence-corrected chi connectivity index (χ1v) is 9.19. The maximum absolute atomic E-state index is 11.8. The predicted molar refractivity (Wildman–Crippen MR) is 106 cm³/mol. The van der Waals surface area contributed by atoms with Crippen LogP contribution in [0.15, 0.2) is 53.4 Å². The van der Waals surface area contributed by atoms with E-state index in [2.05, 4.69) is 10.9 Å². The number of carbonyl (C=O) groups is 2. The number of thioether (sulfide) groups is 1. The molecule has 0 radical (unpaired) electrons. The molecule has 0 aliphatic rings. The summed E-state index contributed by atoms with van der Waals surface area (Å²) in [4.78, 5) is 34.6. The van der Waals surface area contributed by atoms with Crippen molar-refractivity contribution in [3.05, 3.63) is 74.3 Å². The summed E-state index contributed by atoms with van der Waals surface area (Å²) in [7, 11) is 0.